The third kappa shape index (κ3) is 35.1. The summed E-state index contributed by atoms with van der Waals surface area (Å²) >= 11 is 0. The molecule has 0 spiro atoms. The fourth-order valence-corrected chi connectivity index (χ4v) is 6.28. The van der Waals surface area contributed by atoms with Crippen LogP contribution in [0.4, 0.5) is 0 Å². The predicted molar refractivity (Wildman–Crippen MR) is 212 cm³/mol. The summed E-state index contributed by atoms with van der Waals surface area (Å²) < 4.78 is 23.5. The molecule has 50 heavy (non-hydrogen) atoms. The number of rotatable bonds is 36. The Morgan fingerprint density at radius 3 is 1.60 bits per heavy atom. The van der Waals surface area contributed by atoms with Gasteiger partial charge in [0.2, 0.25) is 5.91 Å². The minimum Gasteiger partial charge on any atom is -0.387 e. The number of quaternary nitrogens is 1. The lowest BCUT2D eigenvalue weighted by molar-refractivity contribution is -0.870. The second kappa shape index (κ2) is 33.5. The maximum absolute atomic E-state index is 12.8. The van der Waals surface area contributed by atoms with Gasteiger partial charge in [0.25, 0.3) is 0 Å². The summed E-state index contributed by atoms with van der Waals surface area (Å²) in [6.07, 6.45) is 39.2. The summed E-state index contributed by atoms with van der Waals surface area (Å²) in [6.45, 7) is 4.75. The molecule has 294 valence electrons. The summed E-state index contributed by atoms with van der Waals surface area (Å²) in [6, 6.07) is -0.864. The average molecular weight is 728 g/mol. The summed E-state index contributed by atoms with van der Waals surface area (Å²) in [5.41, 5.74) is 0. The van der Waals surface area contributed by atoms with Crippen LogP contribution in [0.25, 0.3) is 0 Å². The number of carbonyl (C=O) groups is 1. The summed E-state index contributed by atoms with van der Waals surface area (Å²) in [5.74, 6) is -0.194. The highest BCUT2D eigenvalue weighted by Gasteiger charge is 2.27. The van der Waals surface area contributed by atoms with E-state index in [4.69, 9.17) is 9.05 Å². The van der Waals surface area contributed by atoms with E-state index in [1.54, 1.807) is 6.08 Å². The van der Waals surface area contributed by atoms with E-state index in [-0.39, 0.29) is 19.1 Å². The first-order valence-electron chi connectivity index (χ1n) is 20.4. The number of nitrogens with one attached hydrogen (secondary N) is 1. The second-order valence-corrected chi connectivity index (χ2v) is 16.5. The molecule has 8 nitrogen and oxygen atoms in total. The van der Waals surface area contributed by atoms with E-state index >= 15 is 0 Å². The zero-order valence-corrected chi connectivity index (χ0v) is 34.0. The van der Waals surface area contributed by atoms with Gasteiger partial charge in [-0.05, 0) is 44.9 Å². The Morgan fingerprint density at radius 1 is 0.660 bits per heavy atom. The zero-order chi connectivity index (χ0) is 37.2. The molecule has 0 aliphatic heterocycles. The van der Waals surface area contributed by atoms with E-state index in [0.717, 1.165) is 44.9 Å². The Hall–Kier alpha value is -1.28. The number of allylic oxidation sites excluding steroid dienone is 5. The smallest absolute Gasteiger partial charge is 0.387 e. The van der Waals surface area contributed by atoms with Gasteiger partial charge >= 0.3 is 7.82 Å². The molecule has 3 atom stereocenters. The molecule has 3 unspecified atom stereocenters. The zero-order valence-electron chi connectivity index (χ0n) is 33.1. The highest BCUT2D eigenvalue weighted by Crippen LogP contribution is 2.43. The lowest BCUT2D eigenvalue weighted by Gasteiger charge is -2.25. The Morgan fingerprint density at radius 2 is 1.10 bits per heavy atom. The largest absolute Gasteiger partial charge is 0.472 e. The molecule has 1 amide bonds. The summed E-state index contributed by atoms with van der Waals surface area (Å²) in [4.78, 5) is 23.0. The quantitative estimate of drug-likeness (QED) is 0.0257. The van der Waals surface area contributed by atoms with Crippen LogP contribution >= 0.6 is 7.82 Å². The lowest BCUT2D eigenvalue weighted by atomic mass is 10.0. The number of nitrogens with zero attached hydrogens (tertiary/aromatic N) is 1. The van der Waals surface area contributed by atoms with Crippen LogP contribution in [0.5, 0.6) is 0 Å². The Kier molecular flexibility index (Phi) is 32.7. The molecule has 0 aromatic heterocycles. The van der Waals surface area contributed by atoms with Crippen LogP contribution < -0.4 is 5.32 Å². The van der Waals surface area contributed by atoms with Crippen molar-refractivity contribution >= 4 is 13.7 Å². The number of hydrogen-bond donors (Lipinski definition) is 3. The lowest BCUT2D eigenvalue weighted by Crippen LogP contribution is -2.45. The SMILES string of the molecule is CCCCCCCC/C=C/CC/C=C/CC/C=C/C(O)C(COP(=O)(O)OCC[N+](C)(C)C)NC(=O)CCCCCCCCCCCCCC. The topological polar surface area (TPSA) is 105 Å². The summed E-state index contributed by atoms with van der Waals surface area (Å²) in [5, 5.41) is 13.7. The maximum Gasteiger partial charge on any atom is 0.472 e. The molecule has 3 N–H and O–H groups in total. The molecule has 0 bridgehead atoms. The number of aliphatic hydroxyl groups excluding tert-OH is 1. The first-order chi connectivity index (χ1) is 24.0. The first-order valence-corrected chi connectivity index (χ1v) is 21.9. The van der Waals surface area contributed by atoms with Crippen molar-refractivity contribution in [1.82, 2.24) is 5.32 Å². The predicted octanol–water partition coefficient (Wildman–Crippen LogP) is 10.7. The van der Waals surface area contributed by atoms with E-state index in [0.29, 0.717) is 17.4 Å². The third-order valence-corrected chi connectivity index (χ3v) is 9.82. The van der Waals surface area contributed by atoms with Crippen LogP contribution in [-0.2, 0) is 18.4 Å². The second-order valence-electron chi connectivity index (χ2n) is 15.0. The Labute approximate surface area is 308 Å². The van der Waals surface area contributed by atoms with E-state index in [2.05, 4.69) is 43.5 Å². The van der Waals surface area contributed by atoms with Gasteiger partial charge in [0, 0.05) is 6.42 Å². The van der Waals surface area contributed by atoms with Gasteiger partial charge in [0.1, 0.15) is 13.2 Å². The monoisotopic (exact) mass is 728 g/mol. The molecular weight excluding hydrogens is 647 g/mol. The van der Waals surface area contributed by atoms with Gasteiger partial charge < -0.3 is 19.8 Å². The first kappa shape index (κ1) is 48.7. The van der Waals surface area contributed by atoms with Crippen molar-refractivity contribution in [1.29, 1.82) is 0 Å². The van der Waals surface area contributed by atoms with Crippen molar-refractivity contribution in [3.8, 4) is 0 Å². The number of unbranched alkanes of at least 4 members (excludes halogenated alkanes) is 19. The van der Waals surface area contributed by atoms with Crippen molar-refractivity contribution in [2.45, 2.75) is 180 Å². The van der Waals surface area contributed by atoms with Crippen molar-refractivity contribution < 1.29 is 32.9 Å². The van der Waals surface area contributed by atoms with E-state index in [9.17, 15) is 19.4 Å². The van der Waals surface area contributed by atoms with Crippen LogP contribution in [0.1, 0.15) is 168 Å². The van der Waals surface area contributed by atoms with Gasteiger partial charge in [-0.1, -0.05) is 153 Å². The molecule has 0 fully saturated rings. The molecule has 0 aliphatic rings. The Bertz CT molecular complexity index is 917. The van der Waals surface area contributed by atoms with Crippen LogP contribution in [-0.4, -0.2) is 73.4 Å². The van der Waals surface area contributed by atoms with Crippen LogP contribution in [0.3, 0.4) is 0 Å². The molecule has 0 aromatic carbocycles. The number of phosphoric acid groups is 1. The molecule has 0 rings (SSSR count). The van der Waals surface area contributed by atoms with Gasteiger partial charge in [0.05, 0.1) is 39.9 Å². The highest BCUT2D eigenvalue weighted by atomic mass is 31.2. The van der Waals surface area contributed by atoms with Crippen LogP contribution in [0, 0.1) is 0 Å². The minimum atomic E-state index is -4.34. The van der Waals surface area contributed by atoms with Crippen molar-refractivity contribution in [2.24, 2.45) is 0 Å². The number of amides is 1. The molecule has 0 aliphatic carbocycles. The van der Waals surface area contributed by atoms with Crippen molar-refractivity contribution in [3.05, 3.63) is 36.5 Å². The molecule has 0 heterocycles. The molecular formula is C41H80N2O6P+. The van der Waals surface area contributed by atoms with Gasteiger partial charge in [-0.25, -0.2) is 4.57 Å². The fourth-order valence-electron chi connectivity index (χ4n) is 5.54. The van der Waals surface area contributed by atoms with Crippen LogP contribution in [0.2, 0.25) is 0 Å². The number of likely N-dealkylation sites (N-methyl/N-ethyl adjacent to an activating group) is 1. The molecule has 0 saturated heterocycles. The van der Waals surface area contributed by atoms with Crippen molar-refractivity contribution in [2.75, 3.05) is 40.9 Å². The number of hydrogen-bond acceptors (Lipinski definition) is 5. The number of phosphoric ester groups is 1. The standard InChI is InChI=1S/C41H79N2O6P/c1-6-8-10-12-14-16-18-20-21-22-23-24-26-28-30-32-34-40(44)39(38-49-50(46,47)48-37-36-43(3,4)5)42-41(45)35-33-31-29-27-25-19-17-15-13-11-9-7-2/h20-21,24,26,32,34,39-40,44H,6-19,22-23,25,27-31,33,35-38H2,1-5H3,(H-,42,45,46,47)/p+1/b21-20+,26-24+,34-32+. The van der Waals surface area contributed by atoms with E-state index in [1.165, 1.54) is 103 Å². The molecule has 0 saturated carbocycles. The third-order valence-electron chi connectivity index (χ3n) is 8.84. The van der Waals surface area contributed by atoms with Crippen LogP contribution in [0.15, 0.2) is 36.5 Å². The number of aliphatic hydroxyl groups is 1. The minimum absolute atomic E-state index is 0.0543. The number of carbonyl (C=O) groups excluding carboxylic acids is 1. The van der Waals surface area contributed by atoms with Crippen molar-refractivity contribution in [3.63, 3.8) is 0 Å². The maximum atomic E-state index is 12.8. The Balaban J connectivity index is 4.58. The highest BCUT2D eigenvalue weighted by molar-refractivity contribution is 7.47. The molecule has 9 heteroatoms. The van der Waals surface area contributed by atoms with Gasteiger partial charge in [-0.15, -0.1) is 0 Å². The van der Waals surface area contributed by atoms with Gasteiger partial charge in [-0.2, -0.15) is 0 Å². The van der Waals surface area contributed by atoms with Gasteiger partial charge in [0.15, 0.2) is 0 Å². The average Bonchev–Trinajstić information content (AvgIpc) is 3.06. The molecule has 0 radical (unpaired) electrons. The normalized spacial score (nSPS) is 14.9. The fraction of sp³-hybridized carbons (Fsp3) is 0.829. The van der Waals surface area contributed by atoms with E-state index < -0.39 is 20.0 Å². The van der Waals surface area contributed by atoms with E-state index in [1.807, 2.05) is 27.2 Å². The van der Waals surface area contributed by atoms with Gasteiger partial charge in [-0.3, -0.25) is 13.8 Å². The molecule has 0 aromatic rings. The summed E-state index contributed by atoms with van der Waals surface area (Å²) in [7, 11) is 1.54.